The number of aryl methyl sites for hydroxylation is 2. The highest BCUT2D eigenvalue weighted by molar-refractivity contribution is 5.57. The van der Waals surface area contributed by atoms with Gasteiger partial charge in [0.15, 0.2) is 0 Å². The van der Waals surface area contributed by atoms with Gasteiger partial charge in [-0.2, -0.15) is 10.4 Å². The molecule has 5 heteroatoms. The van der Waals surface area contributed by atoms with Crippen LogP contribution in [0.1, 0.15) is 24.1 Å². The zero-order valence-electron chi connectivity index (χ0n) is 11.4. The van der Waals surface area contributed by atoms with Gasteiger partial charge in [-0.15, -0.1) is 0 Å². The van der Waals surface area contributed by atoms with Gasteiger partial charge in [-0.1, -0.05) is 0 Å². The minimum absolute atomic E-state index is 0.726. The number of nitriles is 1. The third kappa shape index (κ3) is 2.34. The van der Waals surface area contributed by atoms with Crippen LogP contribution in [0, 0.1) is 24.2 Å². The first kappa shape index (κ1) is 12.9. The molecular weight excluding hydrogens is 226 g/mol. The average molecular weight is 247 g/mol. The van der Waals surface area contributed by atoms with Gasteiger partial charge in [0.2, 0.25) is 0 Å². The predicted molar refractivity (Wildman–Crippen MR) is 71.5 cm³/mol. The summed E-state index contributed by atoms with van der Waals surface area (Å²) >= 11 is 0. The molecule has 0 bridgehead atoms. The number of hydrogen-bond donors (Lipinski definition) is 1. The van der Waals surface area contributed by atoms with E-state index in [2.05, 4.69) is 21.4 Å². The molecule has 0 saturated carbocycles. The summed E-state index contributed by atoms with van der Waals surface area (Å²) in [4.78, 5) is 2.30. The quantitative estimate of drug-likeness (QED) is 0.867. The van der Waals surface area contributed by atoms with Gasteiger partial charge >= 0.3 is 0 Å². The first-order valence-corrected chi connectivity index (χ1v) is 6.50. The molecule has 1 N–H and O–H groups in total. The molecule has 5 nitrogen and oxygen atoms in total. The minimum Gasteiger partial charge on any atom is -0.356 e. The van der Waals surface area contributed by atoms with Crippen molar-refractivity contribution in [3.05, 3.63) is 11.3 Å². The fourth-order valence-electron chi connectivity index (χ4n) is 2.78. The van der Waals surface area contributed by atoms with Crippen LogP contribution in [0.15, 0.2) is 0 Å². The Hall–Kier alpha value is -1.54. The molecule has 0 radical (unpaired) electrons. The number of anilines is 1. The largest absolute Gasteiger partial charge is 0.356 e. The Morgan fingerprint density at radius 2 is 2.11 bits per heavy atom. The Morgan fingerprint density at radius 1 is 1.44 bits per heavy atom. The average Bonchev–Trinajstić information content (AvgIpc) is 2.65. The van der Waals surface area contributed by atoms with Crippen LogP contribution in [0.3, 0.4) is 0 Å². The predicted octanol–water partition coefficient (Wildman–Crippen LogP) is 1.04. The molecule has 0 unspecified atom stereocenters. The van der Waals surface area contributed by atoms with Gasteiger partial charge in [-0.25, -0.2) is 0 Å². The van der Waals surface area contributed by atoms with E-state index in [1.165, 1.54) is 12.8 Å². The van der Waals surface area contributed by atoms with Gasteiger partial charge in [0.05, 0.1) is 5.69 Å². The first-order chi connectivity index (χ1) is 8.67. The van der Waals surface area contributed by atoms with Crippen molar-refractivity contribution in [3.63, 3.8) is 0 Å². The lowest BCUT2D eigenvalue weighted by Crippen LogP contribution is -2.38. The summed E-state index contributed by atoms with van der Waals surface area (Å²) in [6.07, 6.45) is 2.35. The lowest BCUT2D eigenvalue weighted by atomic mass is 9.96. The molecule has 1 fully saturated rings. The highest BCUT2D eigenvalue weighted by Gasteiger charge is 2.24. The molecule has 0 atom stereocenters. The molecule has 0 spiro atoms. The van der Waals surface area contributed by atoms with Crippen LogP contribution >= 0.6 is 0 Å². The maximum absolute atomic E-state index is 9.24. The molecule has 0 amide bonds. The second-order valence-corrected chi connectivity index (χ2v) is 5.01. The smallest absolute Gasteiger partial charge is 0.144 e. The molecule has 0 aliphatic carbocycles. The molecule has 1 aliphatic rings. The zero-order valence-corrected chi connectivity index (χ0v) is 11.4. The van der Waals surface area contributed by atoms with E-state index in [0.717, 1.165) is 42.6 Å². The zero-order chi connectivity index (χ0) is 13.1. The van der Waals surface area contributed by atoms with Crippen molar-refractivity contribution in [2.45, 2.75) is 19.8 Å². The monoisotopic (exact) mass is 247 g/mol. The summed E-state index contributed by atoms with van der Waals surface area (Å²) in [5.74, 6) is 1.74. The topological polar surface area (TPSA) is 56.9 Å². The van der Waals surface area contributed by atoms with E-state index in [9.17, 15) is 5.26 Å². The normalized spacial score (nSPS) is 16.9. The third-order valence-corrected chi connectivity index (χ3v) is 3.71. The highest BCUT2D eigenvalue weighted by atomic mass is 15.4. The Labute approximate surface area is 108 Å². The second kappa shape index (κ2) is 5.40. The van der Waals surface area contributed by atoms with Crippen LogP contribution in [-0.2, 0) is 7.05 Å². The molecule has 2 rings (SSSR count). The third-order valence-electron chi connectivity index (χ3n) is 3.71. The van der Waals surface area contributed by atoms with Crippen LogP contribution in [0.4, 0.5) is 5.82 Å². The fourth-order valence-corrected chi connectivity index (χ4v) is 2.78. The number of rotatable bonds is 3. The van der Waals surface area contributed by atoms with E-state index in [1.54, 1.807) is 0 Å². The van der Waals surface area contributed by atoms with Gasteiger partial charge in [0, 0.05) is 20.1 Å². The number of hydrogen-bond acceptors (Lipinski definition) is 4. The van der Waals surface area contributed by atoms with Gasteiger partial charge in [-0.05, 0) is 39.3 Å². The van der Waals surface area contributed by atoms with Crippen molar-refractivity contribution < 1.29 is 0 Å². The molecule has 1 aromatic heterocycles. The van der Waals surface area contributed by atoms with Crippen molar-refractivity contribution >= 4 is 5.82 Å². The Balaban J connectivity index is 2.13. The van der Waals surface area contributed by atoms with Crippen molar-refractivity contribution in [1.82, 2.24) is 15.1 Å². The number of nitrogens with one attached hydrogen (secondary N) is 1. The van der Waals surface area contributed by atoms with Crippen molar-refractivity contribution in [2.75, 3.05) is 31.6 Å². The second-order valence-electron chi connectivity index (χ2n) is 5.01. The Morgan fingerprint density at radius 3 is 2.67 bits per heavy atom. The number of piperidine rings is 1. The number of nitrogens with zero attached hydrogens (tertiary/aromatic N) is 4. The fraction of sp³-hybridized carbons (Fsp3) is 0.692. The lowest BCUT2D eigenvalue weighted by molar-refractivity contribution is 0.390. The summed E-state index contributed by atoms with van der Waals surface area (Å²) in [5, 5.41) is 16.8. The van der Waals surface area contributed by atoms with Gasteiger partial charge in [0.25, 0.3) is 0 Å². The summed E-state index contributed by atoms with van der Waals surface area (Å²) in [6, 6.07) is 2.28. The van der Waals surface area contributed by atoms with E-state index in [4.69, 9.17) is 0 Å². The van der Waals surface area contributed by atoms with E-state index >= 15 is 0 Å². The van der Waals surface area contributed by atoms with Crippen LogP contribution < -0.4 is 10.2 Å². The van der Waals surface area contributed by atoms with E-state index in [0.29, 0.717) is 0 Å². The van der Waals surface area contributed by atoms with Crippen molar-refractivity contribution in [1.29, 1.82) is 5.26 Å². The van der Waals surface area contributed by atoms with Crippen molar-refractivity contribution in [3.8, 4) is 6.07 Å². The van der Waals surface area contributed by atoms with E-state index < -0.39 is 0 Å². The maximum Gasteiger partial charge on any atom is 0.144 e. The van der Waals surface area contributed by atoms with Crippen LogP contribution in [-0.4, -0.2) is 36.5 Å². The summed E-state index contributed by atoms with van der Waals surface area (Å²) in [7, 11) is 3.92. The van der Waals surface area contributed by atoms with E-state index in [-0.39, 0.29) is 0 Å². The molecule has 1 aromatic rings. The van der Waals surface area contributed by atoms with Crippen molar-refractivity contribution in [2.24, 2.45) is 13.0 Å². The molecule has 1 saturated heterocycles. The molecule has 2 heterocycles. The molecular formula is C13H21N5. The summed E-state index contributed by atoms with van der Waals surface area (Å²) in [5.41, 5.74) is 1.55. The standard InChI is InChI=1S/C13H21N5/c1-10-12(8-14)13(17(3)16-10)18-6-4-11(5-7-18)9-15-2/h11,15H,4-7,9H2,1-3H3. The molecule has 0 aromatic carbocycles. The summed E-state index contributed by atoms with van der Waals surface area (Å²) < 4.78 is 1.84. The van der Waals surface area contributed by atoms with E-state index in [1.807, 2.05) is 25.7 Å². The van der Waals surface area contributed by atoms with Gasteiger partial charge in [-0.3, -0.25) is 4.68 Å². The van der Waals surface area contributed by atoms with Crippen LogP contribution in [0.2, 0.25) is 0 Å². The number of aromatic nitrogens is 2. The van der Waals surface area contributed by atoms with Gasteiger partial charge in [0.1, 0.15) is 17.5 Å². The minimum atomic E-state index is 0.726. The van der Waals surface area contributed by atoms with Gasteiger partial charge < -0.3 is 10.2 Å². The maximum atomic E-state index is 9.24. The molecule has 1 aliphatic heterocycles. The summed E-state index contributed by atoms with van der Waals surface area (Å²) in [6.45, 7) is 5.01. The van der Waals surface area contributed by atoms with Crippen LogP contribution in [0.25, 0.3) is 0 Å². The Kier molecular flexibility index (Phi) is 3.87. The van der Waals surface area contributed by atoms with Crippen LogP contribution in [0.5, 0.6) is 0 Å². The highest BCUT2D eigenvalue weighted by Crippen LogP contribution is 2.27. The molecule has 98 valence electrons. The lowest BCUT2D eigenvalue weighted by Gasteiger charge is -2.33. The SMILES string of the molecule is CNCC1CCN(c2c(C#N)c(C)nn2C)CC1. The first-order valence-electron chi connectivity index (χ1n) is 6.50. The molecule has 18 heavy (non-hydrogen) atoms. The Bertz CT molecular complexity index is 449.